The summed E-state index contributed by atoms with van der Waals surface area (Å²) in [5.74, 6) is 0.416. The molecule has 3 rings (SSSR count). The van der Waals surface area contributed by atoms with Crippen LogP contribution in [-0.2, 0) is 16.1 Å². The summed E-state index contributed by atoms with van der Waals surface area (Å²) in [6.07, 6.45) is 7.21. The molecule has 0 bridgehead atoms. The second kappa shape index (κ2) is 12.2. The number of carbonyl (C=O) groups excluding carboxylic acids is 2. The van der Waals surface area contributed by atoms with Crippen LogP contribution in [0.2, 0.25) is 0 Å². The maximum absolute atomic E-state index is 12.7. The number of nitrogens with zero attached hydrogens (tertiary/aromatic N) is 1. The Morgan fingerprint density at radius 2 is 1.72 bits per heavy atom. The molecule has 1 saturated heterocycles. The SMILES string of the molecule is Cl.NCCCOC1CCN(C(=O)c2ccc(CNC(=O)C3CCCC3)cc2)CC1. The number of ether oxygens (including phenoxy) is 1. The van der Waals surface area contributed by atoms with Crippen molar-refractivity contribution >= 4 is 24.2 Å². The van der Waals surface area contributed by atoms with E-state index in [9.17, 15) is 9.59 Å². The highest BCUT2D eigenvalue weighted by atomic mass is 35.5. The molecule has 29 heavy (non-hydrogen) atoms. The van der Waals surface area contributed by atoms with Crippen LogP contribution in [-0.4, -0.2) is 49.1 Å². The van der Waals surface area contributed by atoms with Gasteiger partial charge in [0.05, 0.1) is 6.10 Å². The van der Waals surface area contributed by atoms with E-state index in [1.807, 2.05) is 29.2 Å². The summed E-state index contributed by atoms with van der Waals surface area (Å²) in [4.78, 5) is 26.7. The van der Waals surface area contributed by atoms with Gasteiger partial charge in [0.25, 0.3) is 5.91 Å². The lowest BCUT2D eigenvalue weighted by Crippen LogP contribution is -2.41. The zero-order valence-corrected chi connectivity index (χ0v) is 17.9. The molecule has 0 spiro atoms. The normalized spacial score (nSPS) is 17.8. The van der Waals surface area contributed by atoms with Crippen molar-refractivity contribution in [3.05, 3.63) is 35.4 Å². The third kappa shape index (κ3) is 6.98. The van der Waals surface area contributed by atoms with E-state index in [0.29, 0.717) is 25.3 Å². The minimum Gasteiger partial charge on any atom is -0.378 e. The maximum atomic E-state index is 12.7. The van der Waals surface area contributed by atoms with Crippen molar-refractivity contribution in [2.24, 2.45) is 11.7 Å². The predicted molar refractivity (Wildman–Crippen MR) is 116 cm³/mol. The maximum Gasteiger partial charge on any atom is 0.253 e. The van der Waals surface area contributed by atoms with Crippen molar-refractivity contribution in [1.29, 1.82) is 0 Å². The van der Waals surface area contributed by atoms with Gasteiger partial charge >= 0.3 is 0 Å². The Morgan fingerprint density at radius 1 is 1.07 bits per heavy atom. The van der Waals surface area contributed by atoms with Gasteiger partial charge in [-0.05, 0) is 56.3 Å². The highest BCUT2D eigenvalue weighted by Crippen LogP contribution is 2.24. The van der Waals surface area contributed by atoms with Crippen molar-refractivity contribution in [3.63, 3.8) is 0 Å². The second-order valence-corrected chi connectivity index (χ2v) is 7.90. The average molecular weight is 424 g/mol. The van der Waals surface area contributed by atoms with Gasteiger partial charge in [-0.25, -0.2) is 0 Å². The second-order valence-electron chi connectivity index (χ2n) is 7.90. The smallest absolute Gasteiger partial charge is 0.253 e. The van der Waals surface area contributed by atoms with E-state index < -0.39 is 0 Å². The van der Waals surface area contributed by atoms with Gasteiger partial charge in [-0.3, -0.25) is 9.59 Å². The average Bonchev–Trinajstić information content (AvgIpc) is 3.28. The number of amides is 2. The molecule has 1 saturated carbocycles. The van der Waals surface area contributed by atoms with Crippen molar-refractivity contribution < 1.29 is 14.3 Å². The van der Waals surface area contributed by atoms with Gasteiger partial charge in [-0.2, -0.15) is 0 Å². The van der Waals surface area contributed by atoms with E-state index in [1.54, 1.807) is 0 Å². The first-order valence-corrected chi connectivity index (χ1v) is 10.6. The fourth-order valence-corrected chi connectivity index (χ4v) is 4.03. The van der Waals surface area contributed by atoms with Gasteiger partial charge in [-0.15, -0.1) is 12.4 Å². The van der Waals surface area contributed by atoms with E-state index >= 15 is 0 Å². The first-order valence-electron chi connectivity index (χ1n) is 10.6. The molecule has 2 fully saturated rings. The van der Waals surface area contributed by atoms with E-state index in [1.165, 1.54) is 0 Å². The molecule has 1 aliphatic carbocycles. The summed E-state index contributed by atoms with van der Waals surface area (Å²) in [7, 11) is 0. The molecule has 6 nitrogen and oxygen atoms in total. The lowest BCUT2D eigenvalue weighted by atomic mass is 10.0. The number of halogens is 1. The first kappa shape index (κ1) is 23.6. The highest BCUT2D eigenvalue weighted by molar-refractivity contribution is 5.94. The topological polar surface area (TPSA) is 84.7 Å². The number of nitrogens with one attached hydrogen (secondary N) is 1. The molecule has 1 aromatic rings. The summed E-state index contributed by atoms with van der Waals surface area (Å²) in [6, 6.07) is 7.60. The Labute approximate surface area is 179 Å². The summed E-state index contributed by atoms with van der Waals surface area (Å²) in [5, 5.41) is 3.02. The zero-order valence-electron chi connectivity index (χ0n) is 17.1. The third-order valence-corrected chi connectivity index (χ3v) is 5.82. The number of rotatable bonds is 8. The summed E-state index contributed by atoms with van der Waals surface area (Å²) in [5.41, 5.74) is 7.21. The molecule has 0 radical (unpaired) electrons. The van der Waals surface area contributed by atoms with Crippen molar-refractivity contribution in [3.8, 4) is 0 Å². The molecular weight excluding hydrogens is 390 g/mol. The fraction of sp³-hybridized carbons (Fsp3) is 0.636. The highest BCUT2D eigenvalue weighted by Gasteiger charge is 2.24. The molecule has 0 aromatic heterocycles. The van der Waals surface area contributed by atoms with Crippen LogP contribution < -0.4 is 11.1 Å². The van der Waals surface area contributed by atoms with Crippen LogP contribution in [0.5, 0.6) is 0 Å². The van der Waals surface area contributed by atoms with E-state index in [0.717, 1.165) is 63.6 Å². The van der Waals surface area contributed by atoms with Crippen molar-refractivity contribution in [1.82, 2.24) is 10.2 Å². The molecule has 1 heterocycles. The number of hydrogen-bond acceptors (Lipinski definition) is 4. The number of piperidine rings is 1. The van der Waals surface area contributed by atoms with Gasteiger partial charge in [0.15, 0.2) is 0 Å². The van der Waals surface area contributed by atoms with E-state index in [2.05, 4.69) is 5.32 Å². The van der Waals surface area contributed by atoms with Crippen LogP contribution in [0.1, 0.15) is 60.9 Å². The minimum atomic E-state index is 0. The summed E-state index contributed by atoms with van der Waals surface area (Å²) >= 11 is 0. The zero-order chi connectivity index (χ0) is 19.8. The molecule has 7 heteroatoms. The number of carbonyl (C=O) groups is 2. The molecule has 2 amide bonds. The Kier molecular flexibility index (Phi) is 9.91. The quantitative estimate of drug-likeness (QED) is 0.629. The number of benzene rings is 1. The van der Waals surface area contributed by atoms with Crippen LogP contribution in [0, 0.1) is 5.92 Å². The van der Waals surface area contributed by atoms with Crippen LogP contribution in [0.4, 0.5) is 0 Å². The predicted octanol–water partition coefficient (Wildman–Crippen LogP) is 2.88. The third-order valence-electron chi connectivity index (χ3n) is 5.82. The Balaban J connectivity index is 0.00000300. The molecule has 1 aromatic carbocycles. The number of likely N-dealkylation sites (tertiary alicyclic amines) is 1. The lowest BCUT2D eigenvalue weighted by Gasteiger charge is -2.32. The Morgan fingerprint density at radius 3 is 2.34 bits per heavy atom. The summed E-state index contributed by atoms with van der Waals surface area (Å²) < 4.78 is 5.80. The summed E-state index contributed by atoms with van der Waals surface area (Å²) in [6.45, 7) is 3.33. The van der Waals surface area contributed by atoms with Gasteiger partial charge in [-0.1, -0.05) is 25.0 Å². The van der Waals surface area contributed by atoms with Crippen molar-refractivity contribution in [2.75, 3.05) is 26.2 Å². The van der Waals surface area contributed by atoms with Gasteiger partial charge in [0, 0.05) is 37.7 Å². The fourth-order valence-electron chi connectivity index (χ4n) is 4.03. The largest absolute Gasteiger partial charge is 0.378 e. The van der Waals surface area contributed by atoms with Crippen molar-refractivity contribution in [2.45, 2.75) is 57.6 Å². The first-order chi connectivity index (χ1) is 13.7. The lowest BCUT2D eigenvalue weighted by molar-refractivity contribution is -0.124. The molecular formula is C22H34ClN3O3. The molecule has 3 N–H and O–H groups in total. The molecule has 0 unspecified atom stereocenters. The standard InChI is InChI=1S/C22H33N3O3.ClH/c23-12-3-15-28-20-10-13-25(14-11-20)22(27)19-8-6-17(7-9-19)16-24-21(26)18-4-1-2-5-18;/h6-9,18,20H,1-5,10-16,23H2,(H,24,26);1H. The van der Waals surface area contributed by atoms with Gasteiger partial charge in [0.1, 0.15) is 0 Å². The molecule has 2 aliphatic rings. The Bertz CT molecular complexity index is 639. The number of hydrogen-bond donors (Lipinski definition) is 2. The molecule has 0 atom stereocenters. The monoisotopic (exact) mass is 423 g/mol. The van der Waals surface area contributed by atoms with Gasteiger partial charge < -0.3 is 20.7 Å². The minimum absolute atomic E-state index is 0. The van der Waals surface area contributed by atoms with Gasteiger partial charge in [0.2, 0.25) is 5.91 Å². The van der Waals surface area contributed by atoms with E-state index in [4.69, 9.17) is 10.5 Å². The molecule has 1 aliphatic heterocycles. The van der Waals surface area contributed by atoms with Crippen LogP contribution in [0.25, 0.3) is 0 Å². The number of nitrogens with two attached hydrogens (primary N) is 1. The van der Waals surface area contributed by atoms with Crippen LogP contribution in [0.15, 0.2) is 24.3 Å². The Hall–Kier alpha value is -1.63. The van der Waals surface area contributed by atoms with E-state index in [-0.39, 0.29) is 36.2 Å². The molecule has 162 valence electrons. The van der Waals surface area contributed by atoms with Crippen LogP contribution in [0.3, 0.4) is 0 Å². The van der Waals surface area contributed by atoms with Crippen LogP contribution >= 0.6 is 12.4 Å².